The van der Waals surface area contributed by atoms with Gasteiger partial charge in [-0.05, 0) is 61.0 Å². The second-order valence-electron chi connectivity index (χ2n) is 7.91. The summed E-state index contributed by atoms with van der Waals surface area (Å²) in [6.45, 7) is 1.85. The average molecular weight is 454 g/mol. The van der Waals surface area contributed by atoms with E-state index in [1.165, 1.54) is 0 Å². The molecule has 170 valence electrons. The number of aromatic hydroxyl groups is 1. The minimum absolute atomic E-state index is 0.145. The van der Waals surface area contributed by atoms with E-state index in [-0.39, 0.29) is 11.7 Å². The first-order valence-corrected chi connectivity index (χ1v) is 10.8. The zero-order valence-electron chi connectivity index (χ0n) is 18.7. The third-order valence-corrected chi connectivity index (χ3v) is 5.69. The third-order valence-electron chi connectivity index (χ3n) is 5.69. The molecule has 8 nitrogen and oxygen atoms in total. The van der Waals surface area contributed by atoms with Crippen molar-refractivity contribution >= 4 is 17.5 Å². The summed E-state index contributed by atoms with van der Waals surface area (Å²) in [6, 6.07) is 23.0. The maximum Gasteiger partial charge on any atom is 0.255 e. The predicted molar refractivity (Wildman–Crippen MR) is 130 cm³/mol. The van der Waals surface area contributed by atoms with Gasteiger partial charge in [-0.15, -0.1) is 5.10 Å². The molecule has 0 aliphatic carbocycles. The summed E-state index contributed by atoms with van der Waals surface area (Å²) < 4.78 is 6.95. The van der Waals surface area contributed by atoms with E-state index in [9.17, 15) is 9.90 Å². The monoisotopic (exact) mass is 453 g/mol. The molecule has 0 spiro atoms. The first-order valence-electron chi connectivity index (χ1n) is 10.8. The van der Waals surface area contributed by atoms with Gasteiger partial charge in [-0.1, -0.05) is 30.3 Å². The number of hydrogen-bond donors (Lipinski definition) is 3. The number of para-hydroxylation sites is 1. The first kappa shape index (κ1) is 21.3. The first-order chi connectivity index (χ1) is 16.5. The van der Waals surface area contributed by atoms with Gasteiger partial charge in [-0.25, -0.2) is 4.68 Å². The number of benzene rings is 3. The van der Waals surface area contributed by atoms with E-state index in [1.807, 2.05) is 61.5 Å². The van der Waals surface area contributed by atoms with E-state index in [1.54, 1.807) is 36.1 Å². The van der Waals surface area contributed by atoms with E-state index in [0.29, 0.717) is 28.7 Å². The molecule has 0 saturated heterocycles. The van der Waals surface area contributed by atoms with Crippen molar-refractivity contribution in [2.45, 2.75) is 13.0 Å². The molecule has 0 saturated carbocycles. The molecule has 1 aliphatic heterocycles. The van der Waals surface area contributed by atoms with Crippen LogP contribution in [0.2, 0.25) is 0 Å². The van der Waals surface area contributed by atoms with Crippen LogP contribution in [0, 0.1) is 0 Å². The van der Waals surface area contributed by atoms with Crippen LogP contribution >= 0.6 is 0 Å². The van der Waals surface area contributed by atoms with Gasteiger partial charge in [0.1, 0.15) is 17.5 Å². The molecule has 1 atom stereocenters. The number of methoxy groups -OCH3 is 1. The zero-order chi connectivity index (χ0) is 23.7. The molecule has 2 heterocycles. The molecular formula is C26H23N5O3. The smallest absolute Gasteiger partial charge is 0.255 e. The number of anilines is 2. The lowest BCUT2D eigenvalue weighted by atomic mass is 9.95. The lowest BCUT2D eigenvalue weighted by Gasteiger charge is -2.28. The van der Waals surface area contributed by atoms with E-state index in [4.69, 9.17) is 9.84 Å². The molecule has 1 aliphatic rings. The molecule has 3 aromatic carbocycles. The second kappa shape index (κ2) is 8.74. The van der Waals surface area contributed by atoms with Crippen LogP contribution in [0.15, 0.2) is 90.1 Å². The van der Waals surface area contributed by atoms with Crippen molar-refractivity contribution in [3.8, 4) is 22.9 Å². The standard InChI is InChI=1S/C26H23N5O3/c1-16-22(25(33)28-19-6-4-3-5-7-19)23(17-8-12-20(32)13-9-17)31-26(27-16)29-24(30-31)18-10-14-21(34-2)15-11-18/h3-15,23,32H,1-2H3,(H,28,33)(H,27,29,30). The molecule has 1 amide bonds. The van der Waals surface area contributed by atoms with Gasteiger partial charge < -0.3 is 20.5 Å². The number of fused-ring (bicyclic) bond motifs is 1. The number of nitrogens with one attached hydrogen (secondary N) is 2. The summed E-state index contributed by atoms with van der Waals surface area (Å²) in [6.07, 6.45) is 0. The summed E-state index contributed by atoms with van der Waals surface area (Å²) >= 11 is 0. The van der Waals surface area contributed by atoms with E-state index in [0.717, 1.165) is 16.9 Å². The topological polar surface area (TPSA) is 101 Å². The third kappa shape index (κ3) is 3.97. The van der Waals surface area contributed by atoms with Crippen molar-refractivity contribution in [3.63, 3.8) is 0 Å². The van der Waals surface area contributed by atoms with Crippen LogP contribution in [0.1, 0.15) is 18.5 Å². The molecule has 1 aromatic heterocycles. The number of amides is 1. The molecule has 3 N–H and O–H groups in total. The van der Waals surface area contributed by atoms with Gasteiger partial charge in [-0.2, -0.15) is 4.98 Å². The number of aromatic nitrogens is 3. The number of phenols is 1. The minimum Gasteiger partial charge on any atom is -0.508 e. The molecule has 0 fully saturated rings. The highest BCUT2D eigenvalue weighted by Crippen LogP contribution is 2.37. The van der Waals surface area contributed by atoms with Crippen LogP contribution < -0.4 is 15.4 Å². The molecule has 0 radical (unpaired) electrons. The lowest BCUT2D eigenvalue weighted by molar-refractivity contribution is -0.113. The van der Waals surface area contributed by atoms with E-state index >= 15 is 0 Å². The number of carbonyl (C=O) groups excluding carboxylic acids is 1. The Morgan fingerprint density at radius 3 is 2.41 bits per heavy atom. The highest BCUT2D eigenvalue weighted by atomic mass is 16.5. The van der Waals surface area contributed by atoms with Gasteiger partial charge >= 0.3 is 0 Å². The fourth-order valence-corrected chi connectivity index (χ4v) is 3.99. The van der Waals surface area contributed by atoms with Crippen molar-refractivity contribution in [1.82, 2.24) is 14.8 Å². The van der Waals surface area contributed by atoms with Gasteiger partial charge in [0.05, 0.1) is 12.7 Å². The van der Waals surface area contributed by atoms with Crippen molar-refractivity contribution in [2.75, 3.05) is 17.7 Å². The molecule has 34 heavy (non-hydrogen) atoms. The number of nitrogens with zero attached hydrogens (tertiary/aromatic N) is 3. The Morgan fingerprint density at radius 1 is 1.03 bits per heavy atom. The Bertz CT molecular complexity index is 1360. The highest BCUT2D eigenvalue weighted by Gasteiger charge is 2.34. The molecule has 5 rings (SSSR count). The maximum absolute atomic E-state index is 13.5. The number of allylic oxidation sites excluding steroid dienone is 1. The Morgan fingerprint density at radius 2 is 1.74 bits per heavy atom. The Labute approximate surface area is 196 Å². The number of hydrogen-bond acceptors (Lipinski definition) is 6. The second-order valence-corrected chi connectivity index (χ2v) is 7.91. The van der Waals surface area contributed by atoms with Crippen LogP contribution in [0.3, 0.4) is 0 Å². The van der Waals surface area contributed by atoms with Crippen molar-refractivity contribution in [2.24, 2.45) is 0 Å². The number of carbonyl (C=O) groups is 1. The lowest BCUT2D eigenvalue weighted by Crippen LogP contribution is -2.31. The van der Waals surface area contributed by atoms with Gasteiger partial charge in [0, 0.05) is 16.9 Å². The van der Waals surface area contributed by atoms with Crippen LogP contribution in [-0.4, -0.2) is 32.9 Å². The Balaban J connectivity index is 1.58. The van der Waals surface area contributed by atoms with Crippen molar-refractivity contribution in [3.05, 3.63) is 95.7 Å². The molecule has 4 aromatic rings. The molecule has 0 bridgehead atoms. The summed E-state index contributed by atoms with van der Waals surface area (Å²) in [5.41, 5.74) is 3.49. The van der Waals surface area contributed by atoms with Crippen LogP contribution in [0.4, 0.5) is 11.6 Å². The number of ether oxygens (including phenoxy) is 1. The van der Waals surface area contributed by atoms with Gasteiger partial charge in [-0.3, -0.25) is 4.79 Å². The fraction of sp³-hybridized carbons (Fsp3) is 0.115. The van der Waals surface area contributed by atoms with Crippen LogP contribution in [0.25, 0.3) is 11.4 Å². The SMILES string of the molecule is COc1ccc(-c2nc3n(n2)C(c2ccc(O)cc2)C(C(=O)Nc2ccccc2)=C(C)N3)cc1. The van der Waals surface area contributed by atoms with Gasteiger partial charge in [0.2, 0.25) is 5.95 Å². The molecular weight excluding hydrogens is 430 g/mol. The number of phenolic OH excluding ortho intramolecular Hbond substituents is 1. The normalized spacial score (nSPS) is 14.8. The van der Waals surface area contributed by atoms with Crippen LogP contribution in [-0.2, 0) is 4.79 Å². The molecule has 8 heteroatoms. The van der Waals surface area contributed by atoms with Crippen LogP contribution in [0.5, 0.6) is 11.5 Å². The van der Waals surface area contributed by atoms with Crippen molar-refractivity contribution in [1.29, 1.82) is 0 Å². The quantitative estimate of drug-likeness (QED) is 0.409. The van der Waals surface area contributed by atoms with Gasteiger partial charge in [0.15, 0.2) is 5.82 Å². The van der Waals surface area contributed by atoms with Gasteiger partial charge in [0.25, 0.3) is 5.91 Å². The fourth-order valence-electron chi connectivity index (χ4n) is 3.99. The summed E-state index contributed by atoms with van der Waals surface area (Å²) in [4.78, 5) is 18.1. The highest BCUT2D eigenvalue weighted by molar-refractivity contribution is 6.06. The van der Waals surface area contributed by atoms with E-state index in [2.05, 4.69) is 15.6 Å². The predicted octanol–water partition coefficient (Wildman–Crippen LogP) is 4.59. The maximum atomic E-state index is 13.5. The Kier molecular flexibility index (Phi) is 5.47. The summed E-state index contributed by atoms with van der Waals surface area (Å²) in [7, 11) is 1.62. The van der Waals surface area contributed by atoms with Crippen molar-refractivity contribution < 1.29 is 14.6 Å². The molecule has 1 unspecified atom stereocenters. The summed E-state index contributed by atoms with van der Waals surface area (Å²) in [5, 5.41) is 20.8. The summed E-state index contributed by atoms with van der Waals surface area (Å²) in [5.74, 6) is 1.68. The largest absolute Gasteiger partial charge is 0.508 e. The Hall–Kier alpha value is -4.59. The number of rotatable bonds is 5. The zero-order valence-corrected chi connectivity index (χ0v) is 18.7. The van der Waals surface area contributed by atoms with E-state index < -0.39 is 6.04 Å². The average Bonchev–Trinajstić information content (AvgIpc) is 3.28. The minimum atomic E-state index is -0.542.